The minimum absolute atomic E-state index is 0.252. The van der Waals surface area contributed by atoms with Crippen molar-refractivity contribution in [2.75, 3.05) is 42.2 Å². The lowest BCUT2D eigenvalue weighted by Gasteiger charge is -2.17. The van der Waals surface area contributed by atoms with Crippen molar-refractivity contribution in [1.29, 1.82) is 0 Å². The predicted octanol–water partition coefficient (Wildman–Crippen LogP) is 0.739. The van der Waals surface area contributed by atoms with Gasteiger partial charge in [0.1, 0.15) is 0 Å². The predicted molar refractivity (Wildman–Crippen MR) is 83.9 cm³/mol. The number of thioether (sulfide) groups is 1. The van der Waals surface area contributed by atoms with Crippen LogP contribution in [0.3, 0.4) is 0 Å². The van der Waals surface area contributed by atoms with E-state index in [9.17, 15) is 5.11 Å². The topological polar surface area (TPSA) is 94.4 Å². The first-order valence-corrected chi connectivity index (χ1v) is 8.38. The molecule has 0 aromatic carbocycles. The van der Waals surface area contributed by atoms with E-state index in [2.05, 4.69) is 32.1 Å². The Kier molecular flexibility index (Phi) is 6.47. The second-order valence-corrected chi connectivity index (χ2v) is 6.00. The maximum atomic E-state index is 9.44. The number of nitrogens with zero attached hydrogens (tertiary/aromatic N) is 4. The molecule has 0 saturated carbocycles. The zero-order valence-electron chi connectivity index (χ0n) is 12.3. The zero-order chi connectivity index (χ0) is 15.1. The smallest absolute Gasteiger partial charge is 0.231 e. The maximum absolute atomic E-state index is 9.44. The SMILES string of the molecule is CCCNc1nc(SCC(O)CO)nc(N2CCCC2)n1. The minimum atomic E-state index is -0.756. The van der Waals surface area contributed by atoms with E-state index in [4.69, 9.17) is 5.11 Å². The summed E-state index contributed by atoms with van der Waals surface area (Å²) in [5, 5.41) is 22.1. The number of nitrogens with one attached hydrogen (secondary N) is 1. The fourth-order valence-corrected chi connectivity index (χ4v) is 2.75. The highest BCUT2D eigenvalue weighted by molar-refractivity contribution is 7.99. The monoisotopic (exact) mass is 313 g/mol. The highest BCUT2D eigenvalue weighted by Crippen LogP contribution is 2.22. The van der Waals surface area contributed by atoms with Crippen LogP contribution in [0.5, 0.6) is 0 Å². The Labute approximate surface area is 129 Å². The molecule has 8 heteroatoms. The third-order valence-electron chi connectivity index (χ3n) is 3.14. The molecule has 0 spiro atoms. The molecule has 1 fully saturated rings. The lowest BCUT2D eigenvalue weighted by Crippen LogP contribution is -2.22. The summed E-state index contributed by atoms with van der Waals surface area (Å²) >= 11 is 1.33. The van der Waals surface area contributed by atoms with E-state index < -0.39 is 6.10 Å². The first kappa shape index (κ1) is 16.3. The molecular formula is C13H23N5O2S. The highest BCUT2D eigenvalue weighted by atomic mass is 32.2. The van der Waals surface area contributed by atoms with Gasteiger partial charge >= 0.3 is 0 Å². The van der Waals surface area contributed by atoms with Crippen LogP contribution in [0, 0.1) is 0 Å². The van der Waals surface area contributed by atoms with Gasteiger partial charge in [-0.15, -0.1) is 0 Å². The Balaban J connectivity index is 2.11. The van der Waals surface area contributed by atoms with Crippen LogP contribution in [-0.4, -0.2) is 63.3 Å². The summed E-state index contributed by atoms with van der Waals surface area (Å²) < 4.78 is 0. The standard InChI is InChI=1S/C13H23N5O2S/c1-2-5-14-11-15-12(18-6-3-4-7-18)17-13(16-11)21-9-10(20)8-19/h10,19-20H,2-9H2,1H3,(H,14,15,16,17). The number of aliphatic hydroxyl groups is 2. The lowest BCUT2D eigenvalue weighted by atomic mass is 10.4. The highest BCUT2D eigenvalue weighted by Gasteiger charge is 2.18. The van der Waals surface area contributed by atoms with Crippen molar-refractivity contribution in [2.24, 2.45) is 0 Å². The van der Waals surface area contributed by atoms with Gasteiger partial charge in [0.25, 0.3) is 0 Å². The molecule has 1 aliphatic heterocycles. The van der Waals surface area contributed by atoms with Crippen LogP contribution >= 0.6 is 11.8 Å². The molecule has 2 rings (SSSR count). The number of rotatable bonds is 8. The molecule has 2 heterocycles. The van der Waals surface area contributed by atoms with Crippen molar-refractivity contribution >= 4 is 23.7 Å². The van der Waals surface area contributed by atoms with Crippen molar-refractivity contribution in [1.82, 2.24) is 15.0 Å². The zero-order valence-corrected chi connectivity index (χ0v) is 13.1. The maximum Gasteiger partial charge on any atom is 0.231 e. The van der Waals surface area contributed by atoms with E-state index in [1.165, 1.54) is 11.8 Å². The molecule has 1 aromatic rings. The van der Waals surface area contributed by atoms with E-state index in [1.807, 2.05) is 0 Å². The van der Waals surface area contributed by atoms with E-state index in [-0.39, 0.29) is 6.61 Å². The van der Waals surface area contributed by atoms with Gasteiger partial charge in [-0.3, -0.25) is 0 Å². The molecule has 7 nitrogen and oxygen atoms in total. The Morgan fingerprint density at radius 1 is 1.29 bits per heavy atom. The fraction of sp³-hybridized carbons (Fsp3) is 0.769. The minimum Gasteiger partial charge on any atom is -0.394 e. The number of hydrogen-bond acceptors (Lipinski definition) is 8. The summed E-state index contributed by atoms with van der Waals surface area (Å²) in [7, 11) is 0. The van der Waals surface area contributed by atoms with E-state index in [0.717, 1.165) is 38.9 Å². The Morgan fingerprint density at radius 2 is 2.05 bits per heavy atom. The van der Waals surface area contributed by atoms with Crippen molar-refractivity contribution in [3.63, 3.8) is 0 Å². The quantitative estimate of drug-likeness (QED) is 0.605. The first-order valence-electron chi connectivity index (χ1n) is 7.39. The van der Waals surface area contributed by atoms with Crippen LogP contribution in [0.1, 0.15) is 26.2 Å². The molecule has 1 saturated heterocycles. The third-order valence-corrected chi connectivity index (χ3v) is 4.13. The van der Waals surface area contributed by atoms with Crippen LogP contribution in [0.2, 0.25) is 0 Å². The van der Waals surface area contributed by atoms with Gasteiger partial charge in [0.05, 0.1) is 12.7 Å². The van der Waals surface area contributed by atoms with Crippen molar-refractivity contribution in [2.45, 2.75) is 37.4 Å². The van der Waals surface area contributed by atoms with Crippen LogP contribution in [0.15, 0.2) is 5.16 Å². The summed E-state index contributed by atoms with van der Waals surface area (Å²) in [5.74, 6) is 1.64. The average Bonchev–Trinajstić information content (AvgIpc) is 3.04. The summed E-state index contributed by atoms with van der Waals surface area (Å²) in [5.41, 5.74) is 0. The molecule has 1 atom stereocenters. The molecule has 1 aromatic heterocycles. The second-order valence-electron chi connectivity index (χ2n) is 5.01. The van der Waals surface area contributed by atoms with Gasteiger partial charge in [0, 0.05) is 25.4 Å². The summed E-state index contributed by atoms with van der Waals surface area (Å²) in [6.45, 7) is 4.59. The second kappa shape index (κ2) is 8.35. The van der Waals surface area contributed by atoms with Crippen molar-refractivity contribution in [3.8, 4) is 0 Å². The summed E-state index contributed by atoms with van der Waals surface area (Å²) in [6, 6.07) is 0. The average molecular weight is 313 g/mol. The van der Waals surface area contributed by atoms with Crippen LogP contribution in [0.25, 0.3) is 0 Å². The summed E-state index contributed by atoms with van der Waals surface area (Å²) in [6.07, 6.45) is 2.56. The van der Waals surface area contributed by atoms with Gasteiger partial charge in [-0.25, -0.2) is 0 Å². The largest absolute Gasteiger partial charge is 0.394 e. The van der Waals surface area contributed by atoms with Crippen LogP contribution < -0.4 is 10.2 Å². The van der Waals surface area contributed by atoms with Gasteiger partial charge in [0.2, 0.25) is 11.9 Å². The molecular weight excluding hydrogens is 290 g/mol. The Hall–Kier alpha value is -1.12. The van der Waals surface area contributed by atoms with Gasteiger partial charge in [-0.1, -0.05) is 18.7 Å². The van der Waals surface area contributed by atoms with Gasteiger partial charge in [0.15, 0.2) is 5.16 Å². The van der Waals surface area contributed by atoms with E-state index in [1.54, 1.807) is 0 Å². The molecule has 21 heavy (non-hydrogen) atoms. The van der Waals surface area contributed by atoms with E-state index in [0.29, 0.717) is 22.8 Å². The first-order chi connectivity index (χ1) is 10.2. The fourth-order valence-electron chi connectivity index (χ4n) is 2.01. The van der Waals surface area contributed by atoms with Crippen LogP contribution in [-0.2, 0) is 0 Å². The Bertz CT molecular complexity index is 443. The van der Waals surface area contributed by atoms with E-state index >= 15 is 0 Å². The molecule has 0 amide bonds. The molecule has 3 N–H and O–H groups in total. The molecule has 0 radical (unpaired) electrons. The van der Waals surface area contributed by atoms with Crippen molar-refractivity contribution < 1.29 is 10.2 Å². The third kappa shape index (κ3) is 4.98. The van der Waals surface area contributed by atoms with Gasteiger partial charge < -0.3 is 20.4 Å². The molecule has 118 valence electrons. The number of hydrogen-bond donors (Lipinski definition) is 3. The lowest BCUT2D eigenvalue weighted by molar-refractivity contribution is 0.113. The summed E-state index contributed by atoms with van der Waals surface area (Å²) in [4.78, 5) is 15.4. The van der Waals surface area contributed by atoms with Gasteiger partial charge in [-0.05, 0) is 19.3 Å². The normalized spacial score (nSPS) is 16.2. The molecule has 1 unspecified atom stereocenters. The number of aromatic nitrogens is 3. The van der Waals surface area contributed by atoms with Crippen molar-refractivity contribution in [3.05, 3.63) is 0 Å². The Morgan fingerprint density at radius 3 is 2.71 bits per heavy atom. The number of anilines is 2. The number of aliphatic hydroxyl groups excluding tert-OH is 2. The molecule has 0 bridgehead atoms. The molecule has 0 aliphatic carbocycles. The van der Waals surface area contributed by atoms with Crippen LogP contribution in [0.4, 0.5) is 11.9 Å². The molecule has 1 aliphatic rings. The van der Waals surface area contributed by atoms with Gasteiger partial charge in [-0.2, -0.15) is 15.0 Å².